The van der Waals surface area contributed by atoms with Crippen LogP contribution in [0.15, 0.2) is 24.3 Å². The largest absolute Gasteiger partial charge is 0.497 e. The Kier molecular flexibility index (Phi) is 5.16. The first-order chi connectivity index (χ1) is 12.1. The second kappa shape index (κ2) is 7.33. The summed E-state index contributed by atoms with van der Waals surface area (Å²) in [5.41, 5.74) is 0.430. The zero-order chi connectivity index (χ0) is 17.9. The van der Waals surface area contributed by atoms with Gasteiger partial charge in [0.15, 0.2) is 0 Å². The molecule has 6 heteroatoms. The molecule has 1 saturated heterocycles. The van der Waals surface area contributed by atoms with E-state index in [0.717, 1.165) is 31.6 Å². The van der Waals surface area contributed by atoms with Gasteiger partial charge in [-0.05, 0) is 37.0 Å². The molecule has 1 heterocycles. The van der Waals surface area contributed by atoms with Gasteiger partial charge in [-0.15, -0.1) is 0 Å². The molecule has 1 aliphatic carbocycles. The number of nitrogens with zero attached hydrogens (tertiary/aromatic N) is 1. The van der Waals surface area contributed by atoms with Gasteiger partial charge in [0, 0.05) is 19.0 Å². The van der Waals surface area contributed by atoms with Crippen molar-refractivity contribution >= 4 is 12.0 Å². The van der Waals surface area contributed by atoms with Crippen LogP contribution in [-0.4, -0.2) is 49.7 Å². The van der Waals surface area contributed by atoms with Crippen LogP contribution in [0.25, 0.3) is 0 Å². The van der Waals surface area contributed by atoms with Gasteiger partial charge >= 0.3 is 6.09 Å². The Morgan fingerprint density at radius 1 is 1.16 bits per heavy atom. The van der Waals surface area contributed by atoms with Gasteiger partial charge in [0.2, 0.25) is 5.91 Å². The number of amides is 2. The third kappa shape index (κ3) is 3.57. The third-order valence-corrected chi connectivity index (χ3v) is 5.46. The average Bonchev–Trinajstić information content (AvgIpc) is 3.31. The molecule has 1 N–H and O–H groups in total. The highest BCUT2D eigenvalue weighted by atomic mass is 16.5. The highest BCUT2D eigenvalue weighted by Crippen LogP contribution is 2.35. The van der Waals surface area contributed by atoms with E-state index in [1.54, 1.807) is 7.11 Å². The lowest BCUT2D eigenvalue weighted by molar-refractivity contribution is -0.137. The number of rotatable bonds is 4. The topological polar surface area (TPSA) is 67.9 Å². The first-order valence-electron chi connectivity index (χ1n) is 8.87. The molecule has 3 rings (SSSR count). The number of hydrogen-bond donors (Lipinski definition) is 1. The Bertz CT molecular complexity index is 623. The van der Waals surface area contributed by atoms with Crippen LogP contribution < -0.4 is 10.1 Å². The quantitative estimate of drug-likeness (QED) is 0.910. The maximum atomic E-state index is 13.1. The Morgan fingerprint density at radius 2 is 1.84 bits per heavy atom. The predicted octanol–water partition coefficient (Wildman–Crippen LogP) is 2.68. The first-order valence-corrected chi connectivity index (χ1v) is 8.87. The van der Waals surface area contributed by atoms with Crippen LogP contribution >= 0.6 is 0 Å². The van der Waals surface area contributed by atoms with E-state index < -0.39 is 11.6 Å². The van der Waals surface area contributed by atoms with Crippen LogP contribution in [0.4, 0.5) is 4.79 Å². The number of carbonyl (C=O) groups is 2. The summed E-state index contributed by atoms with van der Waals surface area (Å²) < 4.78 is 9.93. The number of methoxy groups -OCH3 is 2. The minimum absolute atomic E-state index is 0.0337. The SMILES string of the molecule is COC(=O)NC1(C(=O)N2CCC(c3ccc(OC)cc3)C2)CCCC1. The molecule has 136 valence electrons. The van der Waals surface area contributed by atoms with E-state index in [4.69, 9.17) is 9.47 Å². The van der Waals surface area contributed by atoms with Gasteiger partial charge in [0.25, 0.3) is 0 Å². The van der Waals surface area contributed by atoms with Crippen LogP contribution in [0.3, 0.4) is 0 Å². The minimum atomic E-state index is -0.790. The van der Waals surface area contributed by atoms with Crippen molar-refractivity contribution in [2.45, 2.75) is 43.6 Å². The molecule has 2 aliphatic rings. The number of likely N-dealkylation sites (tertiary alicyclic amines) is 1. The van der Waals surface area contributed by atoms with Crippen molar-refractivity contribution in [1.82, 2.24) is 10.2 Å². The monoisotopic (exact) mass is 346 g/mol. The van der Waals surface area contributed by atoms with E-state index in [1.165, 1.54) is 12.7 Å². The molecule has 1 aromatic carbocycles. The number of nitrogens with one attached hydrogen (secondary N) is 1. The van der Waals surface area contributed by atoms with Crippen molar-refractivity contribution in [2.24, 2.45) is 0 Å². The third-order valence-electron chi connectivity index (χ3n) is 5.46. The number of carbonyl (C=O) groups excluding carboxylic acids is 2. The van der Waals surface area contributed by atoms with E-state index in [2.05, 4.69) is 17.4 Å². The second-order valence-corrected chi connectivity index (χ2v) is 6.92. The zero-order valence-electron chi connectivity index (χ0n) is 14.9. The molecule has 6 nitrogen and oxygen atoms in total. The molecule has 1 saturated carbocycles. The predicted molar refractivity (Wildman–Crippen MR) is 93.7 cm³/mol. The van der Waals surface area contributed by atoms with Crippen LogP contribution in [-0.2, 0) is 9.53 Å². The summed E-state index contributed by atoms with van der Waals surface area (Å²) >= 11 is 0. The maximum absolute atomic E-state index is 13.1. The number of alkyl carbamates (subject to hydrolysis) is 1. The number of benzene rings is 1. The fourth-order valence-electron chi connectivity index (χ4n) is 4.01. The van der Waals surface area contributed by atoms with Crippen LogP contribution in [0.5, 0.6) is 5.75 Å². The molecule has 1 atom stereocenters. The lowest BCUT2D eigenvalue weighted by Gasteiger charge is -2.32. The molecule has 2 amide bonds. The fraction of sp³-hybridized carbons (Fsp3) is 0.579. The summed E-state index contributed by atoms with van der Waals surface area (Å²) in [5.74, 6) is 1.19. The van der Waals surface area contributed by atoms with Gasteiger partial charge in [-0.2, -0.15) is 0 Å². The number of hydrogen-bond acceptors (Lipinski definition) is 4. The van der Waals surface area contributed by atoms with Crippen molar-refractivity contribution in [3.8, 4) is 5.75 Å². The Morgan fingerprint density at radius 3 is 2.44 bits per heavy atom. The first kappa shape index (κ1) is 17.6. The summed E-state index contributed by atoms with van der Waals surface area (Å²) in [7, 11) is 2.98. The highest BCUT2D eigenvalue weighted by Gasteiger charge is 2.46. The average molecular weight is 346 g/mol. The number of ether oxygens (including phenoxy) is 2. The molecular formula is C19H26N2O4. The summed E-state index contributed by atoms with van der Waals surface area (Å²) in [6.07, 6.45) is 3.68. The normalized spacial score (nSPS) is 21.8. The fourth-order valence-corrected chi connectivity index (χ4v) is 4.01. The van der Waals surface area contributed by atoms with Crippen LogP contribution in [0.2, 0.25) is 0 Å². The standard InChI is InChI=1S/C19H26N2O4/c1-24-16-7-5-14(6-8-16)15-9-12-21(13-15)17(22)19(10-3-4-11-19)20-18(23)25-2/h5-8,15H,3-4,9-13H2,1-2H3,(H,20,23). The molecule has 0 aromatic heterocycles. The summed E-state index contributed by atoms with van der Waals surface area (Å²) in [4.78, 5) is 26.8. The van der Waals surface area contributed by atoms with Gasteiger partial charge < -0.3 is 19.7 Å². The Balaban J connectivity index is 1.69. The molecular weight excluding hydrogens is 320 g/mol. The molecule has 1 aromatic rings. The van der Waals surface area contributed by atoms with E-state index in [0.29, 0.717) is 25.3 Å². The van der Waals surface area contributed by atoms with E-state index in [1.807, 2.05) is 17.0 Å². The molecule has 1 unspecified atom stereocenters. The van der Waals surface area contributed by atoms with E-state index in [-0.39, 0.29) is 5.91 Å². The summed E-state index contributed by atoms with van der Waals surface area (Å²) in [6.45, 7) is 1.41. The van der Waals surface area contributed by atoms with Crippen LogP contribution in [0.1, 0.15) is 43.6 Å². The smallest absolute Gasteiger partial charge is 0.407 e. The molecule has 2 fully saturated rings. The zero-order valence-corrected chi connectivity index (χ0v) is 14.9. The maximum Gasteiger partial charge on any atom is 0.407 e. The lowest BCUT2D eigenvalue weighted by Crippen LogP contribution is -2.57. The van der Waals surface area contributed by atoms with E-state index in [9.17, 15) is 9.59 Å². The van der Waals surface area contributed by atoms with Crippen molar-refractivity contribution in [2.75, 3.05) is 27.3 Å². The highest BCUT2D eigenvalue weighted by molar-refractivity contribution is 5.90. The lowest BCUT2D eigenvalue weighted by atomic mass is 9.95. The van der Waals surface area contributed by atoms with Gasteiger partial charge in [0.1, 0.15) is 11.3 Å². The molecule has 0 bridgehead atoms. The molecule has 0 radical (unpaired) electrons. The van der Waals surface area contributed by atoms with Gasteiger partial charge in [-0.3, -0.25) is 4.79 Å². The van der Waals surface area contributed by atoms with Crippen molar-refractivity contribution in [3.05, 3.63) is 29.8 Å². The minimum Gasteiger partial charge on any atom is -0.497 e. The van der Waals surface area contributed by atoms with Gasteiger partial charge in [-0.1, -0.05) is 25.0 Å². The van der Waals surface area contributed by atoms with Crippen LogP contribution in [0, 0.1) is 0 Å². The van der Waals surface area contributed by atoms with Gasteiger partial charge in [0.05, 0.1) is 14.2 Å². The molecule has 0 spiro atoms. The van der Waals surface area contributed by atoms with E-state index >= 15 is 0 Å². The van der Waals surface area contributed by atoms with Gasteiger partial charge in [-0.25, -0.2) is 4.79 Å². The Labute approximate surface area is 148 Å². The summed E-state index contributed by atoms with van der Waals surface area (Å²) in [6, 6.07) is 8.04. The van der Waals surface area contributed by atoms with Crippen molar-refractivity contribution in [1.29, 1.82) is 0 Å². The Hall–Kier alpha value is -2.24. The van der Waals surface area contributed by atoms with Crippen molar-refractivity contribution < 1.29 is 19.1 Å². The molecule has 25 heavy (non-hydrogen) atoms. The molecule has 1 aliphatic heterocycles. The second-order valence-electron chi connectivity index (χ2n) is 6.92. The van der Waals surface area contributed by atoms with Crippen molar-refractivity contribution in [3.63, 3.8) is 0 Å². The summed E-state index contributed by atoms with van der Waals surface area (Å²) in [5, 5.41) is 2.82.